The molecule has 0 saturated carbocycles. The van der Waals surface area contributed by atoms with Crippen molar-refractivity contribution in [1.29, 1.82) is 0 Å². The van der Waals surface area contributed by atoms with Crippen LogP contribution in [-0.2, 0) is 0 Å². The normalized spacial score (nSPS) is 12.8. The van der Waals surface area contributed by atoms with E-state index in [1.807, 2.05) is 0 Å². The van der Waals surface area contributed by atoms with Gasteiger partial charge in [0.2, 0.25) is 0 Å². The largest absolute Gasteiger partial charge is 0.0773 e. The Morgan fingerprint density at radius 1 is 1.13 bits per heavy atom. The monoisotopic (exact) mass is 200 g/mol. The molecule has 80 valence electrons. The van der Waals surface area contributed by atoms with Crippen molar-refractivity contribution in [3.63, 3.8) is 0 Å². The van der Waals surface area contributed by atoms with Crippen molar-refractivity contribution in [1.82, 2.24) is 0 Å². The van der Waals surface area contributed by atoms with E-state index in [-0.39, 0.29) is 0 Å². The van der Waals surface area contributed by atoms with E-state index in [0.717, 1.165) is 0 Å². The molecular weight excluding hydrogens is 180 g/mol. The Kier molecular flexibility index (Phi) is 4.36. The molecule has 1 unspecified atom stereocenters. The number of hydrogen-bond acceptors (Lipinski definition) is 0. The maximum Gasteiger partial charge on any atom is -0.000732 e. The molecule has 0 aliphatic heterocycles. The Bertz CT molecular complexity index is 348. The van der Waals surface area contributed by atoms with Gasteiger partial charge in [0.25, 0.3) is 0 Å². The first-order chi connectivity index (χ1) is 7.09. The third-order valence-electron chi connectivity index (χ3n) is 2.43. The Labute approximate surface area is 93.3 Å². The highest BCUT2D eigenvalue weighted by atomic mass is 14.0. The highest BCUT2D eigenvalue weighted by molar-refractivity contribution is 5.27. The highest BCUT2D eigenvalue weighted by Crippen LogP contribution is 2.17. The molecule has 0 saturated heterocycles. The third-order valence-corrected chi connectivity index (χ3v) is 2.43. The van der Waals surface area contributed by atoms with Crippen molar-refractivity contribution < 1.29 is 0 Å². The van der Waals surface area contributed by atoms with E-state index in [0.29, 0.717) is 5.92 Å². The van der Waals surface area contributed by atoms with E-state index < -0.39 is 0 Å². The minimum absolute atomic E-state index is 0.487. The van der Waals surface area contributed by atoms with Gasteiger partial charge in [0.15, 0.2) is 0 Å². The second-order valence-electron chi connectivity index (χ2n) is 4.33. The smallest absolute Gasteiger partial charge is 0.000732 e. The zero-order chi connectivity index (χ0) is 11.3. The van der Waals surface area contributed by atoms with Gasteiger partial charge < -0.3 is 0 Å². The second-order valence-corrected chi connectivity index (χ2v) is 4.33. The predicted octanol–water partition coefficient (Wildman–Crippen LogP) is 4.62. The van der Waals surface area contributed by atoms with E-state index in [1.54, 1.807) is 0 Å². The van der Waals surface area contributed by atoms with Crippen LogP contribution in [0.2, 0.25) is 0 Å². The fraction of sp³-hybridized carbons (Fsp3) is 0.333. The molecule has 0 aliphatic rings. The molecule has 0 radical (unpaired) electrons. The van der Waals surface area contributed by atoms with Crippen molar-refractivity contribution >= 4 is 0 Å². The number of aryl methyl sites for hydroxylation is 1. The Morgan fingerprint density at radius 3 is 2.27 bits per heavy atom. The topological polar surface area (TPSA) is 0 Å². The first-order valence-corrected chi connectivity index (χ1v) is 5.48. The van der Waals surface area contributed by atoms with Gasteiger partial charge in [-0.3, -0.25) is 0 Å². The maximum atomic E-state index is 2.23. The van der Waals surface area contributed by atoms with Gasteiger partial charge in [-0.25, -0.2) is 0 Å². The number of allylic oxidation sites excluding steroid dienone is 4. The average molecular weight is 200 g/mol. The lowest BCUT2D eigenvalue weighted by Crippen LogP contribution is -1.88. The summed E-state index contributed by atoms with van der Waals surface area (Å²) < 4.78 is 0. The van der Waals surface area contributed by atoms with Crippen LogP contribution in [0.5, 0.6) is 0 Å². The lowest BCUT2D eigenvalue weighted by atomic mass is 9.99. The van der Waals surface area contributed by atoms with Crippen LogP contribution in [0, 0.1) is 6.92 Å². The molecule has 0 heteroatoms. The van der Waals surface area contributed by atoms with Gasteiger partial charge in [0.1, 0.15) is 0 Å². The van der Waals surface area contributed by atoms with Crippen LogP contribution >= 0.6 is 0 Å². The lowest BCUT2D eigenvalue weighted by molar-refractivity contribution is 0.966. The molecule has 0 aliphatic carbocycles. The summed E-state index contributed by atoms with van der Waals surface area (Å²) in [6.45, 7) is 8.56. The van der Waals surface area contributed by atoms with Gasteiger partial charge in [0.05, 0.1) is 0 Å². The van der Waals surface area contributed by atoms with Crippen molar-refractivity contribution in [2.45, 2.75) is 33.6 Å². The summed E-state index contributed by atoms with van der Waals surface area (Å²) in [6, 6.07) is 8.74. The summed E-state index contributed by atoms with van der Waals surface area (Å²) in [5.41, 5.74) is 4.03. The molecule has 1 aromatic rings. The van der Waals surface area contributed by atoms with Crippen LogP contribution in [0.3, 0.4) is 0 Å². The van der Waals surface area contributed by atoms with E-state index in [9.17, 15) is 0 Å². The molecule has 0 heterocycles. The Hall–Kier alpha value is -1.30. The molecule has 1 rings (SSSR count). The van der Waals surface area contributed by atoms with Gasteiger partial charge in [-0.05, 0) is 32.3 Å². The van der Waals surface area contributed by atoms with Crippen molar-refractivity contribution in [2.24, 2.45) is 0 Å². The fourth-order valence-electron chi connectivity index (χ4n) is 1.40. The average Bonchev–Trinajstić information content (AvgIpc) is 2.18. The van der Waals surface area contributed by atoms with Gasteiger partial charge in [-0.1, -0.05) is 60.6 Å². The highest BCUT2D eigenvalue weighted by Gasteiger charge is 1.99. The van der Waals surface area contributed by atoms with Crippen LogP contribution in [0.15, 0.2) is 48.1 Å². The third kappa shape index (κ3) is 4.16. The van der Waals surface area contributed by atoms with Gasteiger partial charge >= 0.3 is 0 Å². The summed E-state index contributed by atoms with van der Waals surface area (Å²) in [4.78, 5) is 0. The standard InChI is InChI=1S/C15H20/c1-12(2)6-5-7-14(4)15-10-8-13(3)9-11-15/h5-11,14H,1-4H3/b7-5-. The van der Waals surface area contributed by atoms with Crippen LogP contribution in [0.4, 0.5) is 0 Å². The van der Waals surface area contributed by atoms with Crippen LogP contribution in [-0.4, -0.2) is 0 Å². The molecule has 0 N–H and O–H groups in total. The number of rotatable bonds is 3. The van der Waals surface area contributed by atoms with Crippen LogP contribution in [0.1, 0.15) is 37.8 Å². The Morgan fingerprint density at radius 2 is 1.73 bits per heavy atom. The second kappa shape index (κ2) is 5.55. The minimum Gasteiger partial charge on any atom is -0.0773 e. The summed E-state index contributed by atoms with van der Waals surface area (Å²) >= 11 is 0. The Balaban J connectivity index is 2.69. The molecule has 0 aromatic heterocycles. The van der Waals surface area contributed by atoms with E-state index in [1.165, 1.54) is 16.7 Å². The zero-order valence-electron chi connectivity index (χ0n) is 10.1. The number of benzene rings is 1. The minimum atomic E-state index is 0.487. The molecule has 0 amide bonds. The SMILES string of the molecule is CC(C)=C/C=C\C(C)c1ccc(C)cc1. The first-order valence-electron chi connectivity index (χ1n) is 5.48. The van der Waals surface area contributed by atoms with Crippen molar-refractivity contribution in [3.05, 3.63) is 59.2 Å². The molecule has 15 heavy (non-hydrogen) atoms. The van der Waals surface area contributed by atoms with E-state index in [2.05, 4.69) is 70.2 Å². The molecule has 0 bridgehead atoms. The molecule has 0 spiro atoms. The first kappa shape index (κ1) is 11.8. The van der Waals surface area contributed by atoms with E-state index in [4.69, 9.17) is 0 Å². The van der Waals surface area contributed by atoms with Crippen molar-refractivity contribution in [3.8, 4) is 0 Å². The molecule has 0 nitrogen and oxygen atoms in total. The van der Waals surface area contributed by atoms with E-state index >= 15 is 0 Å². The fourth-order valence-corrected chi connectivity index (χ4v) is 1.40. The number of hydrogen-bond donors (Lipinski definition) is 0. The molecule has 1 atom stereocenters. The lowest BCUT2D eigenvalue weighted by Gasteiger charge is -2.06. The van der Waals surface area contributed by atoms with Gasteiger partial charge in [0, 0.05) is 0 Å². The molecular formula is C15H20. The predicted molar refractivity (Wildman–Crippen MR) is 68.2 cm³/mol. The van der Waals surface area contributed by atoms with Gasteiger partial charge in [-0.15, -0.1) is 0 Å². The molecule has 0 fully saturated rings. The van der Waals surface area contributed by atoms with Gasteiger partial charge in [-0.2, -0.15) is 0 Å². The zero-order valence-corrected chi connectivity index (χ0v) is 10.1. The quantitative estimate of drug-likeness (QED) is 0.624. The summed E-state index contributed by atoms with van der Waals surface area (Å²) in [7, 11) is 0. The van der Waals surface area contributed by atoms with Crippen LogP contribution < -0.4 is 0 Å². The van der Waals surface area contributed by atoms with Crippen molar-refractivity contribution in [2.75, 3.05) is 0 Å². The summed E-state index contributed by atoms with van der Waals surface area (Å²) in [5, 5.41) is 0. The molecule has 1 aromatic carbocycles. The summed E-state index contributed by atoms with van der Waals surface area (Å²) in [6.07, 6.45) is 6.52. The maximum absolute atomic E-state index is 2.23. The van der Waals surface area contributed by atoms with Crippen LogP contribution in [0.25, 0.3) is 0 Å². The summed E-state index contributed by atoms with van der Waals surface area (Å²) in [5.74, 6) is 0.487.